The van der Waals surface area contributed by atoms with E-state index in [0.717, 1.165) is 16.8 Å². The standard InChI is InChI=1S/C30H26ClN5O3/c31-25-8-4-7-23(14-25)29(37)36-12-11-27(30(36)38)34-17-26-16-33-20-35(26)18-22-9-10-24(15-32)28(13-22)39-19-21-5-2-1-3-6-21/h1-10,13-14,16,20,27,34H,11-12,17-19H2/t27-/m1/s1. The quantitative estimate of drug-likeness (QED) is 0.313. The van der Waals surface area contributed by atoms with Crippen molar-refractivity contribution in [2.75, 3.05) is 6.54 Å². The molecule has 1 aliphatic rings. The van der Waals surface area contributed by atoms with Crippen molar-refractivity contribution in [3.63, 3.8) is 0 Å². The van der Waals surface area contributed by atoms with E-state index in [2.05, 4.69) is 16.4 Å². The highest BCUT2D eigenvalue weighted by Gasteiger charge is 2.35. The molecule has 0 spiro atoms. The van der Waals surface area contributed by atoms with E-state index in [1.807, 2.05) is 47.0 Å². The number of halogens is 1. The third kappa shape index (κ3) is 6.17. The molecule has 5 rings (SSSR count). The maximum atomic E-state index is 12.9. The number of likely N-dealkylation sites (tertiary alicyclic amines) is 1. The number of rotatable bonds is 9. The normalized spacial score (nSPS) is 14.8. The van der Waals surface area contributed by atoms with Crippen molar-refractivity contribution in [2.45, 2.75) is 32.2 Å². The summed E-state index contributed by atoms with van der Waals surface area (Å²) in [6.45, 7) is 1.63. The minimum atomic E-state index is -0.468. The molecule has 2 amide bonds. The summed E-state index contributed by atoms with van der Waals surface area (Å²) in [7, 11) is 0. The highest BCUT2D eigenvalue weighted by Crippen LogP contribution is 2.23. The van der Waals surface area contributed by atoms with Crippen LogP contribution >= 0.6 is 11.6 Å². The lowest BCUT2D eigenvalue weighted by Gasteiger charge is -2.16. The Bertz CT molecular complexity index is 1530. The van der Waals surface area contributed by atoms with Crippen LogP contribution in [0.25, 0.3) is 0 Å². The third-order valence-electron chi connectivity index (χ3n) is 6.61. The fourth-order valence-corrected chi connectivity index (χ4v) is 4.71. The fraction of sp³-hybridized carbons (Fsp3) is 0.200. The Kier molecular flexibility index (Phi) is 8.02. The van der Waals surface area contributed by atoms with Crippen molar-refractivity contribution in [1.82, 2.24) is 19.8 Å². The van der Waals surface area contributed by atoms with Crippen LogP contribution in [-0.4, -0.2) is 38.9 Å². The molecule has 9 heteroatoms. The zero-order chi connectivity index (χ0) is 27.2. The first-order chi connectivity index (χ1) is 19.0. The molecule has 0 unspecified atom stereocenters. The molecule has 1 aliphatic heterocycles. The second kappa shape index (κ2) is 11.9. The minimum absolute atomic E-state index is 0.252. The number of amides is 2. The summed E-state index contributed by atoms with van der Waals surface area (Å²) in [4.78, 5) is 31.3. The van der Waals surface area contributed by atoms with E-state index in [-0.39, 0.29) is 11.8 Å². The Hall–Kier alpha value is -4.45. The number of hydrogen-bond acceptors (Lipinski definition) is 6. The topological polar surface area (TPSA) is 100 Å². The molecular weight excluding hydrogens is 514 g/mol. The largest absolute Gasteiger partial charge is 0.488 e. The van der Waals surface area contributed by atoms with Gasteiger partial charge in [0.05, 0.1) is 23.6 Å². The molecule has 2 heterocycles. The van der Waals surface area contributed by atoms with Crippen LogP contribution in [0.2, 0.25) is 5.02 Å². The molecule has 0 saturated carbocycles. The van der Waals surface area contributed by atoms with Crippen LogP contribution in [0.1, 0.15) is 39.2 Å². The van der Waals surface area contributed by atoms with Crippen LogP contribution in [0.15, 0.2) is 85.3 Å². The number of nitrogens with one attached hydrogen (secondary N) is 1. The monoisotopic (exact) mass is 539 g/mol. The summed E-state index contributed by atoms with van der Waals surface area (Å²) in [6.07, 6.45) is 4.00. The lowest BCUT2D eigenvalue weighted by atomic mass is 10.1. The Morgan fingerprint density at radius 2 is 1.95 bits per heavy atom. The Morgan fingerprint density at radius 1 is 1.10 bits per heavy atom. The molecule has 4 aromatic rings. The Labute approximate surface area is 231 Å². The molecule has 8 nitrogen and oxygen atoms in total. The van der Waals surface area contributed by atoms with Crippen molar-refractivity contribution in [3.8, 4) is 11.8 Å². The highest BCUT2D eigenvalue weighted by atomic mass is 35.5. The number of imide groups is 1. The van der Waals surface area contributed by atoms with Crippen molar-refractivity contribution in [3.05, 3.63) is 118 Å². The van der Waals surface area contributed by atoms with Gasteiger partial charge in [0.15, 0.2) is 0 Å². The molecule has 1 aromatic heterocycles. The van der Waals surface area contributed by atoms with Crippen LogP contribution < -0.4 is 10.1 Å². The zero-order valence-corrected chi connectivity index (χ0v) is 21.8. The highest BCUT2D eigenvalue weighted by molar-refractivity contribution is 6.31. The van der Waals surface area contributed by atoms with Crippen LogP contribution in [0, 0.1) is 11.3 Å². The predicted molar refractivity (Wildman–Crippen MR) is 146 cm³/mol. The molecular formula is C30H26ClN5O3. The Morgan fingerprint density at radius 3 is 2.74 bits per heavy atom. The summed E-state index contributed by atoms with van der Waals surface area (Å²) in [5.74, 6) is -0.0686. The molecule has 1 atom stereocenters. The van der Waals surface area contributed by atoms with E-state index >= 15 is 0 Å². The van der Waals surface area contributed by atoms with E-state index in [1.165, 1.54) is 4.90 Å². The van der Waals surface area contributed by atoms with E-state index in [0.29, 0.717) is 54.6 Å². The summed E-state index contributed by atoms with van der Waals surface area (Å²) >= 11 is 6.01. The van der Waals surface area contributed by atoms with Crippen LogP contribution in [0.4, 0.5) is 0 Å². The van der Waals surface area contributed by atoms with E-state index in [9.17, 15) is 14.9 Å². The molecule has 196 valence electrons. The second-order valence-electron chi connectivity index (χ2n) is 9.26. The van der Waals surface area contributed by atoms with E-state index < -0.39 is 6.04 Å². The summed E-state index contributed by atoms with van der Waals surface area (Å²) in [5, 5.41) is 13.3. The first-order valence-electron chi connectivity index (χ1n) is 12.6. The van der Waals surface area contributed by atoms with Crippen LogP contribution in [0.5, 0.6) is 5.75 Å². The van der Waals surface area contributed by atoms with Gasteiger partial charge in [0.2, 0.25) is 5.91 Å². The molecule has 0 radical (unpaired) electrons. The summed E-state index contributed by atoms with van der Waals surface area (Å²) < 4.78 is 7.94. The predicted octanol–water partition coefficient (Wildman–Crippen LogP) is 4.57. The van der Waals surface area contributed by atoms with E-state index in [4.69, 9.17) is 16.3 Å². The first kappa shape index (κ1) is 26.2. The van der Waals surface area contributed by atoms with Gasteiger partial charge in [-0.05, 0) is 47.9 Å². The van der Waals surface area contributed by atoms with Crippen molar-refractivity contribution < 1.29 is 14.3 Å². The van der Waals surface area contributed by atoms with Crippen molar-refractivity contribution in [1.29, 1.82) is 5.26 Å². The van der Waals surface area contributed by atoms with Gasteiger partial charge in [0, 0.05) is 36.4 Å². The van der Waals surface area contributed by atoms with E-state index in [1.54, 1.807) is 42.9 Å². The molecule has 1 fully saturated rings. The number of nitriles is 1. The van der Waals surface area contributed by atoms with Gasteiger partial charge >= 0.3 is 0 Å². The fourth-order valence-electron chi connectivity index (χ4n) is 4.52. The smallest absolute Gasteiger partial charge is 0.260 e. The van der Waals surface area contributed by atoms with Crippen LogP contribution in [0.3, 0.4) is 0 Å². The van der Waals surface area contributed by atoms with Gasteiger partial charge in [0.25, 0.3) is 5.91 Å². The lowest BCUT2D eigenvalue weighted by Crippen LogP contribution is -2.40. The molecule has 0 aliphatic carbocycles. The SMILES string of the molecule is N#Cc1ccc(Cn2cncc2CN[C@@H]2CCN(C(=O)c3cccc(Cl)c3)C2=O)cc1OCc1ccccc1. The van der Waals surface area contributed by atoms with Crippen molar-refractivity contribution >= 4 is 23.4 Å². The maximum Gasteiger partial charge on any atom is 0.260 e. The van der Waals surface area contributed by atoms with Gasteiger partial charge in [-0.25, -0.2) is 4.98 Å². The molecule has 0 bridgehead atoms. The molecule has 3 aromatic carbocycles. The van der Waals surface area contributed by atoms with Gasteiger partial charge in [-0.1, -0.05) is 54.1 Å². The number of aromatic nitrogens is 2. The number of imidazole rings is 1. The Balaban J connectivity index is 1.21. The summed E-state index contributed by atoms with van der Waals surface area (Å²) in [5.41, 5.74) is 3.72. The number of carbonyl (C=O) groups excluding carboxylic acids is 2. The minimum Gasteiger partial charge on any atom is -0.488 e. The summed E-state index contributed by atoms with van der Waals surface area (Å²) in [6, 6.07) is 23.6. The number of hydrogen-bond donors (Lipinski definition) is 1. The van der Waals surface area contributed by atoms with Crippen LogP contribution in [-0.2, 0) is 24.5 Å². The number of nitrogens with zero attached hydrogens (tertiary/aromatic N) is 4. The zero-order valence-electron chi connectivity index (χ0n) is 21.1. The number of carbonyl (C=O) groups is 2. The maximum absolute atomic E-state index is 12.9. The lowest BCUT2D eigenvalue weighted by molar-refractivity contribution is -0.127. The first-order valence-corrected chi connectivity index (χ1v) is 12.9. The molecule has 1 N–H and O–H groups in total. The van der Waals surface area contributed by atoms with Gasteiger partial charge < -0.3 is 14.6 Å². The van der Waals surface area contributed by atoms with Gasteiger partial charge in [-0.15, -0.1) is 0 Å². The second-order valence-corrected chi connectivity index (χ2v) is 9.69. The molecule has 1 saturated heterocycles. The average molecular weight is 540 g/mol. The molecule has 39 heavy (non-hydrogen) atoms. The van der Waals surface area contributed by atoms with Gasteiger partial charge in [-0.2, -0.15) is 5.26 Å². The number of benzene rings is 3. The van der Waals surface area contributed by atoms with Crippen molar-refractivity contribution in [2.24, 2.45) is 0 Å². The number of ether oxygens (including phenoxy) is 1. The third-order valence-corrected chi connectivity index (χ3v) is 6.84. The van der Waals surface area contributed by atoms with Gasteiger partial charge in [0.1, 0.15) is 18.4 Å². The average Bonchev–Trinajstić information content (AvgIpc) is 3.56. The van der Waals surface area contributed by atoms with Gasteiger partial charge in [-0.3, -0.25) is 14.5 Å².